The summed E-state index contributed by atoms with van der Waals surface area (Å²) in [5, 5.41) is 6.19. The van der Waals surface area contributed by atoms with Crippen molar-refractivity contribution in [3.05, 3.63) is 23.8 Å². The molecule has 33 heavy (non-hydrogen) atoms. The molecule has 0 bridgehead atoms. The molecular weight excluding hydrogens is 412 g/mol. The van der Waals surface area contributed by atoms with Crippen molar-refractivity contribution in [2.75, 3.05) is 49.5 Å². The molecule has 1 aliphatic heterocycles. The maximum atomic E-state index is 13.2. The van der Waals surface area contributed by atoms with Crippen molar-refractivity contribution in [1.82, 2.24) is 10.2 Å². The third kappa shape index (κ3) is 8.33. The molecule has 6 heteroatoms. The Morgan fingerprint density at radius 2 is 1.82 bits per heavy atom. The number of unbranched alkanes of at least 4 members (excludes halogenated alkanes) is 1. The normalized spacial score (nSPS) is 15.5. The van der Waals surface area contributed by atoms with E-state index in [0.29, 0.717) is 17.8 Å². The van der Waals surface area contributed by atoms with Gasteiger partial charge in [-0.05, 0) is 62.9 Å². The molecular formula is C27H46N4O2. The SMILES string of the molecule is CCCCC(CC)C(=O)Nc1ccc(N2CCC(C)CC2)c(C(=O)NCCN(CC)CC)c1. The highest BCUT2D eigenvalue weighted by molar-refractivity contribution is 6.02. The molecule has 1 atom stereocenters. The van der Waals surface area contributed by atoms with Gasteiger partial charge < -0.3 is 20.4 Å². The van der Waals surface area contributed by atoms with Crippen LogP contribution in [0.1, 0.15) is 83.5 Å². The third-order valence-electron chi connectivity index (χ3n) is 7.01. The Labute approximate surface area is 201 Å². The van der Waals surface area contributed by atoms with Gasteiger partial charge in [-0.15, -0.1) is 0 Å². The number of piperidine rings is 1. The number of carbonyl (C=O) groups is 2. The van der Waals surface area contributed by atoms with Gasteiger partial charge in [0.15, 0.2) is 0 Å². The van der Waals surface area contributed by atoms with E-state index in [1.807, 2.05) is 18.2 Å². The van der Waals surface area contributed by atoms with Crippen molar-refractivity contribution >= 4 is 23.2 Å². The number of rotatable bonds is 13. The summed E-state index contributed by atoms with van der Waals surface area (Å²) in [4.78, 5) is 30.7. The fourth-order valence-electron chi connectivity index (χ4n) is 4.50. The molecule has 6 nitrogen and oxygen atoms in total. The van der Waals surface area contributed by atoms with Gasteiger partial charge in [0.1, 0.15) is 0 Å². The van der Waals surface area contributed by atoms with Crippen LogP contribution in [-0.2, 0) is 4.79 Å². The first kappa shape index (κ1) is 27.2. The minimum atomic E-state index is -0.0649. The summed E-state index contributed by atoms with van der Waals surface area (Å²) in [6.45, 7) is 16.1. The lowest BCUT2D eigenvalue weighted by molar-refractivity contribution is -0.120. The Morgan fingerprint density at radius 3 is 2.42 bits per heavy atom. The number of hydrogen-bond acceptors (Lipinski definition) is 4. The van der Waals surface area contributed by atoms with E-state index in [-0.39, 0.29) is 17.7 Å². The molecule has 1 aromatic rings. The first-order chi connectivity index (χ1) is 15.9. The molecule has 1 fully saturated rings. The van der Waals surface area contributed by atoms with E-state index in [9.17, 15) is 9.59 Å². The van der Waals surface area contributed by atoms with Gasteiger partial charge in [0.25, 0.3) is 5.91 Å². The standard InChI is InChI=1S/C27H46N4O2/c1-6-10-11-22(7-2)26(32)29-23-12-13-25(31-17-14-21(5)15-18-31)24(20-23)27(33)28-16-19-30(8-3)9-4/h12-13,20-22H,6-11,14-19H2,1-5H3,(H,28,33)(H,29,32). The molecule has 2 N–H and O–H groups in total. The number of anilines is 2. The highest BCUT2D eigenvalue weighted by Gasteiger charge is 2.23. The van der Waals surface area contributed by atoms with Gasteiger partial charge >= 0.3 is 0 Å². The Hall–Kier alpha value is -2.08. The van der Waals surface area contributed by atoms with Gasteiger partial charge in [-0.25, -0.2) is 0 Å². The number of hydrogen-bond donors (Lipinski definition) is 2. The summed E-state index contributed by atoms with van der Waals surface area (Å²) in [5.41, 5.74) is 2.33. The zero-order chi connectivity index (χ0) is 24.2. The number of nitrogens with zero attached hydrogens (tertiary/aromatic N) is 2. The molecule has 2 rings (SSSR count). The molecule has 1 heterocycles. The molecule has 0 saturated carbocycles. The molecule has 2 amide bonds. The van der Waals surface area contributed by atoms with Gasteiger partial charge in [0.05, 0.1) is 5.56 Å². The fraction of sp³-hybridized carbons (Fsp3) is 0.704. The minimum Gasteiger partial charge on any atom is -0.371 e. The van der Waals surface area contributed by atoms with Gasteiger partial charge in [0, 0.05) is 43.5 Å². The van der Waals surface area contributed by atoms with Crippen LogP contribution >= 0.6 is 0 Å². The molecule has 186 valence electrons. The second-order valence-corrected chi connectivity index (χ2v) is 9.42. The lowest BCUT2D eigenvalue weighted by Gasteiger charge is -2.33. The second-order valence-electron chi connectivity index (χ2n) is 9.42. The second kappa shape index (κ2) is 14.2. The Kier molecular flexibility index (Phi) is 11.7. The Balaban J connectivity index is 2.19. The van der Waals surface area contributed by atoms with Crippen molar-refractivity contribution in [3.63, 3.8) is 0 Å². The van der Waals surface area contributed by atoms with E-state index >= 15 is 0 Å². The van der Waals surface area contributed by atoms with E-state index in [4.69, 9.17) is 0 Å². The molecule has 1 saturated heterocycles. The maximum Gasteiger partial charge on any atom is 0.253 e. The maximum absolute atomic E-state index is 13.2. The van der Waals surface area contributed by atoms with Crippen molar-refractivity contribution in [2.24, 2.45) is 11.8 Å². The molecule has 0 aromatic heterocycles. The van der Waals surface area contributed by atoms with Crippen molar-refractivity contribution < 1.29 is 9.59 Å². The van der Waals surface area contributed by atoms with Crippen molar-refractivity contribution in [1.29, 1.82) is 0 Å². The third-order valence-corrected chi connectivity index (χ3v) is 7.01. The molecule has 1 aromatic carbocycles. The van der Waals surface area contributed by atoms with Gasteiger partial charge in [-0.2, -0.15) is 0 Å². The Morgan fingerprint density at radius 1 is 1.12 bits per heavy atom. The largest absolute Gasteiger partial charge is 0.371 e. The number of likely N-dealkylation sites (N-methyl/N-ethyl adjacent to an activating group) is 1. The lowest BCUT2D eigenvalue weighted by atomic mass is 9.97. The first-order valence-corrected chi connectivity index (χ1v) is 13.1. The summed E-state index contributed by atoms with van der Waals surface area (Å²) < 4.78 is 0. The zero-order valence-corrected chi connectivity index (χ0v) is 21.6. The highest BCUT2D eigenvalue weighted by Crippen LogP contribution is 2.29. The summed E-state index contributed by atoms with van der Waals surface area (Å²) in [7, 11) is 0. The van der Waals surface area contributed by atoms with Crippen LogP contribution in [0.5, 0.6) is 0 Å². The smallest absolute Gasteiger partial charge is 0.253 e. The monoisotopic (exact) mass is 458 g/mol. The van der Waals surface area contributed by atoms with Gasteiger partial charge in [-0.1, -0.05) is 47.5 Å². The first-order valence-electron chi connectivity index (χ1n) is 13.1. The lowest BCUT2D eigenvalue weighted by Crippen LogP contribution is -2.37. The fourth-order valence-corrected chi connectivity index (χ4v) is 4.50. The quantitative estimate of drug-likeness (QED) is 0.429. The van der Waals surface area contributed by atoms with E-state index in [1.165, 1.54) is 0 Å². The van der Waals surface area contributed by atoms with Crippen LogP contribution < -0.4 is 15.5 Å². The van der Waals surface area contributed by atoms with Crippen LogP contribution in [0.3, 0.4) is 0 Å². The average molecular weight is 459 g/mol. The van der Waals surface area contributed by atoms with E-state index in [2.05, 4.69) is 55.1 Å². The number of amides is 2. The van der Waals surface area contributed by atoms with E-state index in [1.54, 1.807) is 0 Å². The molecule has 0 radical (unpaired) electrons. The predicted octanol–water partition coefficient (Wildman–Crippen LogP) is 5.15. The van der Waals surface area contributed by atoms with Gasteiger partial charge in [-0.3, -0.25) is 9.59 Å². The summed E-state index contributed by atoms with van der Waals surface area (Å²) in [6.07, 6.45) is 6.15. The van der Waals surface area contributed by atoms with Crippen molar-refractivity contribution in [2.45, 2.75) is 73.1 Å². The van der Waals surface area contributed by atoms with Gasteiger partial charge in [0.2, 0.25) is 5.91 Å². The number of benzene rings is 1. The van der Waals surface area contributed by atoms with Crippen LogP contribution in [-0.4, -0.2) is 56.0 Å². The van der Waals surface area contributed by atoms with E-state index in [0.717, 1.165) is 82.9 Å². The summed E-state index contributed by atoms with van der Waals surface area (Å²) >= 11 is 0. The molecule has 0 spiro atoms. The van der Waals surface area contributed by atoms with E-state index < -0.39 is 0 Å². The molecule has 0 aliphatic carbocycles. The van der Waals surface area contributed by atoms with Crippen LogP contribution in [0, 0.1) is 11.8 Å². The molecule has 1 unspecified atom stereocenters. The number of nitrogens with one attached hydrogen (secondary N) is 2. The number of carbonyl (C=O) groups excluding carboxylic acids is 2. The highest BCUT2D eigenvalue weighted by atomic mass is 16.2. The van der Waals surface area contributed by atoms with Crippen LogP contribution in [0.2, 0.25) is 0 Å². The average Bonchev–Trinajstić information content (AvgIpc) is 2.83. The summed E-state index contributed by atoms with van der Waals surface area (Å²) in [6, 6.07) is 5.83. The predicted molar refractivity (Wildman–Crippen MR) is 139 cm³/mol. The minimum absolute atomic E-state index is 0.0135. The van der Waals surface area contributed by atoms with Crippen molar-refractivity contribution in [3.8, 4) is 0 Å². The Bertz CT molecular complexity index is 740. The van der Waals surface area contributed by atoms with Crippen LogP contribution in [0.15, 0.2) is 18.2 Å². The zero-order valence-electron chi connectivity index (χ0n) is 21.6. The topological polar surface area (TPSA) is 64.7 Å². The summed E-state index contributed by atoms with van der Waals surface area (Å²) in [5.74, 6) is 0.725. The van der Waals surface area contributed by atoms with Crippen LogP contribution in [0.4, 0.5) is 11.4 Å². The van der Waals surface area contributed by atoms with Crippen LogP contribution in [0.25, 0.3) is 0 Å². The molecule has 1 aliphatic rings.